The summed E-state index contributed by atoms with van der Waals surface area (Å²) in [5, 5.41) is 0. The Kier molecular flexibility index (Phi) is 5.82. The highest BCUT2D eigenvalue weighted by Gasteiger charge is 2.23. The summed E-state index contributed by atoms with van der Waals surface area (Å²) in [6.45, 7) is 8.77. The lowest BCUT2D eigenvalue weighted by atomic mass is 10.0. The van der Waals surface area contributed by atoms with Crippen LogP contribution in [0.25, 0.3) is 0 Å². The molecule has 2 atom stereocenters. The van der Waals surface area contributed by atoms with Crippen LogP contribution in [0.15, 0.2) is 4.99 Å². The monoisotopic (exact) mass is 284 g/mol. The summed E-state index contributed by atoms with van der Waals surface area (Å²) in [4.78, 5) is 9.44. The molecule has 2 fully saturated rings. The summed E-state index contributed by atoms with van der Waals surface area (Å²) < 4.78 is 0. The third-order valence-electron chi connectivity index (χ3n) is 4.27. The molecule has 4 nitrogen and oxygen atoms in total. The second kappa shape index (κ2) is 7.39. The maximum absolute atomic E-state index is 6.11. The van der Waals surface area contributed by atoms with Crippen LogP contribution in [0.2, 0.25) is 0 Å². The number of nitrogens with zero attached hydrogens (tertiary/aromatic N) is 3. The van der Waals surface area contributed by atoms with E-state index in [4.69, 9.17) is 5.73 Å². The molecule has 0 radical (unpaired) electrons. The second-order valence-electron chi connectivity index (χ2n) is 5.73. The van der Waals surface area contributed by atoms with Crippen molar-refractivity contribution < 1.29 is 0 Å². The minimum absolute atomic E-state index is 0.507. The minimum Gasteiger partial charge on any atom is -0.370 e. The first-order valence-corrected chi connectivity index (χ1v) is 8.72. The van der Waals surface area contributed by atoms with Crippen LogP contribution in [0.4, 0.5) is 0 Å². The van der Waals surface area contributed by atoms with Crippen LogP contribution >= 0.6 is 11.8 Å². The van der Waals surface area contributed by atoms with Crippen molar-refractivity contribution >= 4 is 17.7 Å². The van der Waals surface area contributed by atoms with Gasteiger partial charge >= 0.3 is 0 Å². The molecule has 0 aromatic rings. The Morgan fingerprint density at radius 3 is 2.74 bits per heavy atom. The summed E-state index contributed by atoms with van der Waals surface area (Å²) in [7, 11) is 0. The normalized spacial score (nSPS) is 28.4. The fourth-order valence-electron chi connectivity index (χ4n) is 3.00. The Morgan fingerprint density at radius 2 is 2.05 bits per heavy atom. The third kappa shape index (κ3) is 4.28. The smallest absolute Gasteiger partial charge is 0.191 e. The first-order chi connectivity index (χ1) is 9.18. The average molecular weight is 284 g/mol. The molecule has 0 aliphatic carbocycles. The number of likely N-dealkylation sites (tertiary alicyclic amines) is 1. The lowest BCUT2D eigenvalue weighted by Crippen LogP contribution is -2.46. The predicted octanol–water partition coefficient (Wildman–Crippen LogP) is 1.61. The van der Waals surface area contributed by atoms with Crippen LogP contribution in [0.1, 0.15) is 33.1 Å². The van der Waals surface area contributed by atoms with Gasteiger partial charge in [0, 0.05) is 36.7 Å². The van der Waals surface area contributed by atoms with E-state index < -0.39 is 0 Å². The molecule has 2 aliphatic heterocycles. The van der Waals surface area contributed by atoms with E-state index in [0.717, 1.165) is 25.6 Å². The highest BCUT2D eigenvalue weighted by Crippen LogP contribution is 2.19. The van der Waals surface area contributed by atoms with Gasteiger partial charge in [0.2, 0.25) is 0 Å². The maximum atomic E-state index is 6.11. The molecule has 0 aromatic carbocycles. The molecule has 2 N–H and O–H groups in total. The topological polar surface area (TPSA) is 44.9 Å². The van der Waals surface area contributed by atoms with Gasteiger partial charge in [-0.25, -0.2) is 0 Å². The van der Waals surface area contributed by atoms with Crippen LogP contribution in [0, 0.1) is 0 Å². The summed E-state index contributed by atoms with van der Waals surface area (Å²) in [6.07, 6.45) is 4.03. The van der Waals surface area contributed by atoms with Crippen LogP contribution in [-0.4, -0.2) is 65.5 Å². The molecule has 110 valence electrons. The van der Waals surface area contributed by atoms with Gasteiger partial charge in [-0.3, -0.25) is 9.89 Å². The Labute approximate surface area is 121 Å². The van der Waals surface area contributed by atoms with Crippen molar-refractivity contribution in [1.29, 1.82) is 0 Å². The van der Waals surface area contributed by atoms with Gasteiger partial charge in [-0.15, -0.1) is 0 Å². The van der Waals surface area contributed by atoms with E-state index in [9.17, 15) is 0 Å². The number of thioether (sulfide) groups is 1. The number of rotatable bonds is 3. The minimum atomic E-state index is 0.507. The number of piperidine rings is 1. The number of hydrogen-bond donors (Lipinski definition) is 1. The van der Waals surface area contributed by atoms with Crippen molar-refractivity contribution in [2.24, 2.45) is 10.7 Å². The van der Waals surface area contributed by atoms with Crippen molar-refractivity contribution in [3.8, 4) is 0 Å². The Hall–Kier alpha value is -0.420. The van der Waals surface area contributed by atoms with E-state index >= 15 is 0 Å². The van der Waals surface area contributed by atoms with Gasteiger partial charge in [-0.2, -0.15) is 11.8 Å². The molecule has 5 heteroatoms. The van der Waals surface area contributed by atoms with Gasteiger partial charge in [-0.05, 0) is 33.2 Å². The molecule has 0 aromatic heterocycles. The zero-order chi connectivity index (χ0) is 13.7. The van der Waals surface area contributed by atoms with Gasteiger partial charge in [0.05, 0.1) is 6.54 Å². The van der Waals surface area contributed by atoms with Gasteiger partial charge in [0.15, 0.2) is 5.96 Å². The third-order valence-corrected chi connectivity index (χ3v) is 5.22. The highest BCUT2D eigenvalue weighted by molar-refractivity contribution is 7.99. The van der Waals surface area contributed by atoms with E-state index in [-0.39, 0.29) is 0 Å². The van der Waals surface area contributed by atoms with Gasteiger partial charge in [-0.1, -0.05) is 6.42 Å². The largest absolute Gasteiger partial charge is 0.370 e. The molecule has 2 unspecified atom stereocenters. The molecule has 0 amide bonds. The maximum Gasteiger partial charge on any atom is 0.191 e. The number of aliphatic imine (C=N–C) groups is 1. The number of guanidine groups is 1. The quantitative estimate of drug-likeness (QED) is 0.632. The standard InChI is InChI=1S/C14H28N4S/c1-12-5-3-4-6-18(12)13(2)11-16-14(15)17-7-9-19-10-8-17/h12-13H,3-11H2,1-2H3,(H2,15,16). The molecule has 2 heterocycles. The zero-order valence-corrected chi connectivity index (χ0v) is 13.2. The highest BCUT2D eigenvalue weighted by atomic mass is 32.2. The zero-order valence-electron chi connectivity index (χ0n) is 12.3. The summed E-state index contributed by atoms with van der Waals surface area (Å²) >= 11 is 2.00. The fraction of sp³-hybridized carbons (Fsp3) is 0.929. The second-order valence-corrected chi connectivity index (χ2v) is 6.95. The van der Waals surface area contributed by atoms with Crippen LogP contribution in [-0.2, 0) is 0 Å². The number of nitrogens with two attached hydrogens (primary N) is 1. The molecule has 19 heavy (non-hydrogen) atoms. The lowest BCUT2D eigenvalue weighted by molar-refractivity contribution is 0.118. The van der Waals surface area contributed by atoms with Crippen molar-refractivity contribution in [2.75, 3.05) is 37.7 Å². The first-order valence-electron chi connectivity index (χ1n) is 7.57. The fourth-order valence-corrected chi connectivity index (χ4v) is 3.90. The van der Waals surface area contributed by atoms with E-state index in [1.165, 1.54) is 37.3 Å². The molecular formula is C14H28N4S. The SMILES string of the molecule is CC1CCCCN1C(C)CN=C(N)N1CCSCC1. The van der Waals surface area contributed by atoms with E-state index in [1.807, 2.05) is 11.8 Å². The summed E-state index contributed by atoms with van der Waals surface area (Å²) in [5.74, 6) is 3.10. The Balaban J connectivity index is 1.82. The van der Waals surface area contributed by atoms with Crippen molar-refractivity contribution in [3.05, 3.63) is 0 Å². The molecule has 0 saturated carbocycles. The molecule has 2 aliphatic rings. The summed E-state index contributed by atoms with van der Waals surface area (Å²) in [5.41, 5.74) is 6.11. The Bertz CT molecular complexity index is 302. The molecule has 2 saturated heterocycles. The van der Waals surface area contributed by atoms with Gasteiger partial charge in [0.1, 0.15) is 0 Å². The van der Waals surface area contributed by atoms with Gasteiger partial charge in [0.25, 0.3) is 0 Å². The van der Waals surface area contributed by atoms with Crippen molar-refractivity contribution in [1.82, 2.24) is 9.80 Å². The molecule has 0 bridgehead atoms. The average Bonchev–Trinajstić information content (AvgIpc) is 2.46. The van der Waals surface area contributed by atoms with Crippen LogP contribution in [0.3, 0.4) is 0 Å². The molecular weight excluding hydrogens is 256 g/mol. The van der Waals surface area contributed by atoms with Crippen LogP contribution < -0.4 is 5.73 Å². The molecule has 0 spiro atoms. The van der Waals surface area contributed by atoms with E-state index in [2.05, 4.69) is 28.6 Å². The van der Waals surface area contributed by atoms with Gasteiger partial charge < -0.3 is 10.6 Å². The summed E-state index contributed by atoms with van der Waals surface area (Å²) in [6, 6.07) is 1.21. The van der Waals surface area contributed by atoms with Crippen molar-refractivity contribution in [2.45, 2.75) is 45.2 Å². The number of hydrogen-bond acceptors (Lipinski definition) is 3. The van der Waals surface area contributed by atoms with E-state index in [0.29, 0.717) is 12.1 Å². The van der Waals surface area contributed by atoms with E-state index in [1.54, 1.807) is 0 Å². The first kappa shape index (κ1) is 15.0. The Morgan fingerprint density at radius 1 is 1.32 bits per heavy atom. The predicted molar refractivity (Wildman–Crippen MR) is 84.9 cm³/mol. The van der Waals surface area contributed by atoms with Crippen LogP contribution in [0.5, 0.6) is 0 Å². The lowest BCUT2D eigenvalue weighted by Gasteiger charge is -2.37. The molecule has 2 rings (SSSR count). The van der Waals surface area contributed by atoms with Crippen molar-refractivity contribution in [3.63, 3.8) is 0 Å².